The van der Waals surface area contributed by atoms with Crippen LogP contribution >= 0.6 is 0 Å². The molecule has 5 heteroatoms. The predicted octanol–water partition coefficient (Wildman–Crippen LogP) is 1.69. The molecule has 2 N–H and O–H groups in total. The smallest absolute Gasteiger partial charge is 0.143 e. The van der Waals surface area contributed by atoms with Gasteiger partial charge in [-0.15, -0.1) is 0 Å². The van der Waals surface area contributed by atoms with E-state index in [4.69, 9.17) is 0 Å². The fourth-order valence-corrected chi connectivity index (χ4v) is 3.67. The summed E-state index contributed by atoms with van der Waals surface area (Å²) < 4.78 is 0. The normalized spacial score (nSPS) is 28.9. The van der Waals surface area contributed by atoms with Crippen LogP contribution in [0.5, 0.6) is 0 Å². The summed E-state index contributed by atoms with van der Waals surface area (Å²) in [5.41, 5.74) is 2.24. The number of piperidine rings is 1. The van der Waals surface area contributed by atoms with Gasteiger partial charge in [-0.05, 0) is 24.2 Å². The number of H-pyrrole nitrogens is 1. The van der Waals surface area contributed by atoms with E-state index in [9.17, 15) is 5.11 Å². The first-order valence-corrected chi connectivity index (χ1v) is 6.94. The zero-order valence-electron chi connectivity index (χ0n) is 11.1. The van der Waals surface area contributed by atoms with Gasteiger partial charge in [-0.2, -0.15) is 0 Å². The van der Waals surface area contributed by atoms with Crippen LogP contribution in [0.15, 0.2) is 12.5 Å². The molecule has 3 heterocycles. The van der Waals surface area contributed by atoms with Crippen molar-refractivity contribution in [2.75, 3.05) is 18.0 Å². The minimum absolute atomic E-state index is 0.0244. The molecule has 19 heavy (non-hydrogen) atoms. The van der Waals surface area contributed by atoms with Crippen LogP contribution in [0.3, 0.4) is 0 Å². The van der Waals surface area contributed by atoms with E-state index in [1.165, 1.54) is 12.8 Å². The Balaban J connectivity index is 1.77. The molecule has 2 aliphatic rings. The molecular formula is C14H18N4O. The predicted molar refractivity (Wildman–Crippen MR) is 72.9 cm³/mol. The van der Waals surface area contributed by atoms with Crippen molar-refractivity contribution < 1.29 is 5.11 Å². The molecule has 2 aromatic heterocycles. The maximum atomic E-state index is 9.46. The number of anilines is 1. The van der Waals surface area contributed by atoms with E-state index >= 15 is 0 Å². The van der Waals surface area contributed by atoms with Crippen molar-refractivity contribution in [2.45, 2.75) is 26.4 Å². The fraction of sp³-hybridized carbons (Fsp3) is 0.571. The summed E-state index contributed by atoms with van der Waals surface area (Å²) in [6.45, 7) is 4.50. The first-order valence-electron chi connectivity index (χ1n) is 6.94. The molecular weight excluding hydrogens is 240 g/mol. The van der Waals surface area contributed by atoms with Crippen molar-refractivity contribution in [3.8, 4) is 0 Å². The molecule has 0 bridgehead atoms. The number of aliphatic hydroxyl groups excluding tert-OH is 1. The van der Waals surface area contributed by atoms with Crippen LogP contribution in [0, 0.1) is 11.3 Å². The summed E-state index contributed by atoms with van der Waals surface area (Å²) in [4.78, 5) is 14.2. The first kappa shape index (κ1) is 11.2. The second-order valence-corrected chi connectivity index (χ2v) is 5.89. The number of hydrogen-bond donors (Lipinski definition) is 2. The van der Waals surface area contributed by atoms with Gasteiger partial charge in [-0.25, -0.2) is 9.97 Å². The summed E-state index contributed by atoms with van der Waals surface area (Å²) in [7, 11) is 0. The number of nitrogens with zero attached hydrogens (tertiary/aromatic N) is 3. The maximum absolute atomic E-state index is 9.46. The number of rotatable bonds is 3. The quantitative estimate of drug-likeness (QED) is 0.879. The van der Waals surface area contributed by atoms with Crippen LogP contribution < -0.4 is 4.90 Å². The van der Waals surface area contributed by atoms with Gasteiger partial charge < -0.3 is 15.0 Å². The summed E-state index contributed by atoms with van der Waals surface area (Å²) in [5.74, 6) is 1.81. The van der Waals surface area contributed by atoms with E-state index in [1.807, 2.05) is 6.20 Å². The van der Waals surface area contributed by atoms with Gasteiger partial charge in [-0.3, -0.25) is 0 Å². The van der Waals surface area contributed by atoms with Gasteiger partial charge in [0.2, 0.25) is 0 Å². The lowest BCUT2D eigenvalue weighted by atomic mass is 10.0. The number of hydrogen-bond acceptors (Lipinski definition) is 4. The fourth-order valence-electron chi connectivity index (χ4n) is 3.67. The molecule has 0 aromatic carbocycles. The third-order valence-electron chi connectivity index (χ3n) is 5.01. The van der Waals surface area contributed by atoms with Gasteiger partial charge >= 0.3 is 0 Å². The molecule has 1 aliphatic heterocycles. The third kappa shape index (κ3) is 1.45. The van der Waals surface area contributed by atoms with Crippen LogP contribution in [-0.4, -0.2) is 33.1 Å². The van der Waals surface area contributed by atoms with Crippen molar-refractivity contribution in [3.63, 3.8) is 0 Å². The first-order chi connectivity index (χ1) is 9.27. The van der Waals surface area contributed by atoms with E-state index in [0.717, 1.165) is 41.4 Å². The van der Waals surface area contributed by atoms with E-state index in [-0.39, 0.29) is 6.61 Å². The van der Waals surface area contributed by atoms with Crippen molar-refractivity contribution >= 4 is 16.9 Å². The summed E-state index contributed by atoms with van der Waals surface area (Å²) in [5, 5.41) is 10.4. The lowest BCUT2D eigenvalue weighted by Gasteiger charge is -2.22. The van der Waals surface area contributed by atoms with Crippen LogP contribution in [0.25, 0.3) is 11.0 Å². The topological polar surface area (TPSA) is 65.0 Å². The molecule has 1 saturated carbocycles. The average Bonchev–Trinajstić information content (AvgIpc) is 2.84. The Labute approximate surface area is 111 Å². The molecule has 4 rings (SSSR count). The summed E-state index contributed by atoms with van der Waals surface area (Å²) in [6.07, 6.45) is 6.06. The van der Waals surface area contributed by atoms with Crippen molar-refractivity contribution in [2.24, 2.45) is 11.3 Å². The lowest BCUT2D eigenvalue weighted by Crippen LogP contribution is -2.25. The van der Waals surface area contributed by atoms with Crippen LogP contribution in [0.1, 0.15) is 25.3 Å². The Kier molecular flexibility index (Phi) is 2.18. The SMILES string of the molecule is CCC12CC1CN(c1ncnc3[nH]cc(CO)c13)C2. The molecule has 0 spiro atoms. The Bertz CT molecular complexity index is 633. The Hall–Kier alpha value is -1.62. The van der Waals surface area contributed by atoms with E-state index in [0.29, 0.717) is 5.41 Å². The van der Waals surface area contributed by atoms with Gasteiger partial charge in [0, 0.05) is 24.8 Å². The van der Waals surface area contributed by atoms with Crippen molar-refractivity contribution in [3.05, 3.63) is 18.1 Å². The molecule has 2 atom stereocenters. The third-order valence-corrected chi connectivity index (χ3v) is 5.01. The average molecular weight is 258 g/mol. The number of nitrogens with one attached hydrogen (secondary N) is 1. The second kappa shape index (κ2) is 3.70. The minimum Gasteiger partial charge on any atom is -0.392 e. The standard InChI is InChI=1S/C14H18N4O/c1-2-14-3-10(14)5-18(7-14)13-11-9(6-19)4-15-12(11)16-8-17-13/h4,8,10,19H,2-3,5-7H2,1H3,(H,15,16,17). The highest BCUT2D eigenvalue weighted by Crippen LogP contribution is 2.60. The molecule has 1 aliphatic carbocycles. The maximum Gasteiger partial charge on any atom is 0.143 e. The number of fused-ring (bicyclic) bond motifs is 2. The number of aromatic amines is 1. The lowest BCUT2D eigenvalue weighted by molar-refractivity contribution is 0.283. The summed E-state index contributed by atoms with van der Waals surface area (Å²) >= 11 is 0. The highest BCUT2D eigenvalue weighted by molar-refractivity contribution is 5.91. The van der Waals surface area contributed by atoms with Gasteiger partial charge in [0.1, 0.15) is 17.8 Å². The molecule has 2 fully saturated rings. The van der Waals surface area contributed by atoms with Crippen molar-refractivity contribution in [1.82, 2.24) is 15.0 Å². The number of aromatic nitrogens is 3. The van der Waals surface area contributed by atoms with E-state index in [2.05, 4.69) is 26.8 Å². The molecule has 0 radical (unpaired) electrons. The van der Waals surface area contributed by atoms with Crippen LogP contribution in [-0.2, 0) is 6.61 Å². The molecule has 1 saturated heterocycles. The second-order valence-electron chi connectivity index (χ2n) is 5.89. The van der Waals surface area contributed by atoms with E-state index in [1.54, 1.807) is 6.33 Å². The zero-order valence-corrected chi connectivity index (χ0v) is 11.1. The Morgan fingerprint density at radius 2 is 2.42 bits per heavy atom. The van der Waals surface area contributed by atoms with Gasteiger partial charge in [0.25, 0.3) is 0 Å². The molecule has 2 aromatic rings. The van der Waals surface area contributed by atoms with Crippen LogP contribution in [0.4, 0.5) is 5.82 Å². The molecule has 100 valence electrons. The minimum atomic E-state index is 0.0244. The van der Waals surface area contributed by atoms with E-state index < -0.39 is 0 Å². The molecule has 0 amide bonds. The van der Waals surface area contributed by atoms with Gasteiger partial charge in [0.15, 0.2) is 0 Å². The zero-order chi connectivity index (χ0) is 13.0. The summed E-state index contributed by atoms with van der Waals surface area (Å²) in [6, 6.07) is 0. The Morgan fingerprint density at radius 3 is 3.16 bits per heavy atom. The molecule has 5 nitrogen and oxygen atoms in total. The van der Waals surface area contributed by atoms with Crippen LogP contribution in [0.2, 0.25) is 0 Å². The van der Waals surface area contributed by atoms with Crippen molar-refractivity contribution in [1.29, 1.82) is 0 Å². The number of aliphatic hydroxyl groups is 1. The monoisotopic (exact) mass is 258 g/mol. The largest absolute Gasteiger partial charge is 0.392 e. The van der Waals surface area contributed by atoms with Gasteiger partial charge in [-0.1, -0.05) is 6.92 Å². The Morgan fingerprint density at radius 1 is 1.53 bits per heavy atom. The highest BCUT2D eigenvalue weighted by Gasteiger charge is 2.58. The highest BCUT2D eigenvalue weighted by atomic mass is 16.3. The molecule has 2 unspecified atom stereocenters. The van der Waals surface area contributed by atoms with Gasteiger partial charge in [0.05, 0.1) is 12.0 Å².